The van der Waals surface area contributed by atoms with E-state index in [0.717, 1.165) is 19.1 Å². The zero-order valence-corrected chi connectivity index (χ0v) is 7.30. The molecular formula is C6H13NO3S. The van der Waals surface area contributed by atoms with Crippen molar-refractivity contribution in [2.75, 3.05) is 6.26 Å². The first kappa shape index (κ1) is 8.96. The molecule has 0 aromatic heterocycles. The maximum absolute atomic E-state index is 10.6. The average molecular weight is 179 g/mol. The molecule has 2 atom stereocenters. The zero-order valence-electron chi connectivity index (χ0n) is 6.49. The molecule has 0 aromatic rings. The Labute approximate surface area is 66.8 Å². The Morgan fingerprint density at radius 3 is 2.45 bits per heavy atom. The molecule has 1 aliphatic carbocycles. The molecule has 0 spiro atoms. The van der Waals surface area contributed by atoms with Gasteiger partial charge in [0.15, 0.2) is 0 Å². The van der Waals surface area contributed by atoms with E-state index >= 15 is 0 Å². The molecule has 66 valence electrons. The van der Waals surface area contributed by atoms with E-state index in [1.165, 1.54) is 0 Å². The van der Waals surface area contributed by atoms with Gasteiger partial charge in [-0.15, -0.1) is 0 Å². The molecule has 0 aromatic carbocycles. The third kappa shape index (κ3) is 3.18. The Balaban J connectivity index is 2.41. The molecule has 0 heterocycles. The molecule has 0 amide bonds. The van der Waals surface area contributed by atoms with Crippen molar-refractivity contribution in [1.82, 2.24) is 0 Å². The second kappa shape index (κ2) is 3.08. The van der Waals surface area contributed by atoms with Crippen molar-refractivity contribution in [3.63, 3.8) is 0 Å². The highest BCUT2D eigenvalue weighted by Crippen LogP contribution is 2.21. The topological polar surface area (TPSA) is 69.4 Å². The molecule has 1 rings (SSSR count). The predicted molar refractivity (Wildman–Crippen MR) is 41.5 cm³/mol. The molecule has 0 bridgehead atoms. The second-order valence-electron chi connectivity index (χ2n) is 3.00. The summed E-state index contributed by atoms with van der Waals surface area (Å²) < 4.78 is 26.0. The minimum absolute atomic E-state index is 0.113. The fourth-order valence-corrected chi connectivity index (χ4v) is 1.98. The summed E-state index contributed by atoms with van der Waals surface area (Å²) in [7, 11) is -3.29. The van der Waals surface area contributed by atoms with E-state index in [9.17, 15) is 8.42 Å². The smallest absolute Gasteiger partial charge is 0.264 e. The van der Waals surface area contributed by atoms with Gasteiger partial charge in [0.2, 0.25) is 0 Å². The van der Waals surface area contributed by atoms with Gasteiger partial charge in [-0.05, 0) is 19.3 Å². The Kier molecular flexibility index (Phi) is 2.51. The summed E-state index contributed by atoms with van der Waals surface area (Å²) in [5.74, 6) is 0. The van der Waals surface area contributed by atoms with Gasteiger partial charge < -0.3 is 5.73 Å². The van der Waals surface area contributed by atoms with Crippen molar-refractivity contribution in [3.05, 3.63) is 0 Å². The molecule has 4 nitrogen and oxygen atoms in total. The van der Waals surface area contributed by atoms with Gasteiger partial charge in [-0.25, -0.2) is 0 Å². The summed E-state index contributed by atoms with van der Waals surface area (Å²) in [4.78, 5) is 0. The SMILES string of the molecule is CS(=O)(=O)OC1CCC(N)C1. The van der Waals surface area contributed by atoms with E-state index in [2.05, 4.69) is 0 Å². The van der Waals surface area contributed by atoms with Crippen LogP contribution < -0.4 is 5.73 Å². The van der Waals surface area contributed by atoms with Crippen molar-refractivity contribution in [2.45, 2.75) is 31.4 Å². The van der Waals surface area contributed by atoms with Gasteiger partial charge >= 0.3 is 0 Å². The standard InChI is InChI=1S/C6H13NO3S/c1-11(8,9)10-6-3-2-5(7)4-6/h5-6H,2-4,7H2,1H3. The lowest BCUT2D eigenvalue weighted by Gasteiger charge is -2.07. The van der Waals surface area contributed by atoms with Crippen LogP contribution in [0.4, 0.5) is 0 Å². The van der Waals surface area contributed by atoms with Crippen molar-refractivity contribution < 1.29 is 12.6 Å². The minimum atomic E-state index is -3.29. The van der Waals surface area contributed by atoms with Gasteiger partial charge in [0.25, 0.3) is 10.1 Å². The van der Waals surface area contributed by atoms with Gasteiger partial charge in [-0.2, -0.15) is 8.42 Å². The molecule has 2 N–H and O–H groups in total. The third-order valence-electron chi connectivity index (χ3n) is 1.74. The number of rotatable bonds is 2. The van der Waals surface area contributed by atoms with Gasteiger partial charge in [0.05, 0.1) is 12.4 Å². The summed E-state index contributed by atoms with van der Waals surface area (Å²) >= 11 is 0. The average Bonchev–Trinajstić information content (AvgIpc) is 2.10. The fraction of sp³-hybridized carbons (Fsp3) is 1.00. The predicted octanol–water partition coefficient (Wildman–Crippen LogP) is -0.158. The van der Waals surface area contributed by atoms with Gasteiger partial charge in [0, 0.05) is 6.04 Å². The maximum atomic E-state index is 10.6. The van der Waals surface area contributed by atoms with Crippen LogP contribution in [-0.4, -0.2) is 26.8 Å². The Bertz CT molecular complexity index is 224. The molecule has 1 aliphatic rings. The van der Waals surface area contributed by atoms with Crippen molar-refractivity contribution >= 4 is 10.1 Å². The van der Waals surface area contributed by atoms with Gasteiger partial charge in [-0.1, -0.05) is 0 Å². The van der Waals surface area contributed by atoms with Crippen LogP contribution in [0.5, 0.6) is 0 Å². The van der Waals surface area contributed by atoms with Gasteiger partial charge in [0.1, 0.15) is 0 Å². The van der Waals surface area contributed by atoms with E-state index in [1.54, 1.807) is 0 Å². The first-order valence-electron chi connectivity index (χ1n) is 3.61. The Hall–Kier alpha value is -0.130. The molecule has 0 aliphatic heterocycles. The Morgan fingerprint density at radius 2 is 2.09 bits per heavy atom. The maximum Gasteiger partial charge on any atom is 0.264 e. The van der Waals surface area contributed by atoms with Crippen LogP contribution >= 0.6 is 0 Å². The summed E-state index contributed by atoms with van der Waals surface area (Å²) in [6.07, 6.45) is 3.17. The largest absolute Gasteiger partial charge is 0.328 e. The van der Waals surface area contributed by atoms with Crippen molar-refractivity contribution in [3.8, 4) is 0 Å². The fourth-order valence-electron chi connectivity index (χ4n) is 1.31. The van der Waals surface area contributed by atoms with Crippen LogP contribution in [-0.2, 0) is 14.3 Å². The molecule has 1 fully saturated rings. The van der Waals surface area contributed by atoms with Gasteiger partial charge in [-0.3, -0.25) is 4.18 Å². The molecular weight excluding hydrogens is 166 g/mol. The van der Waals surface area contributed by atoms with E-state index in [1.807, 2.05) is 0 Å². The summed E-state index contributed by atoms with van der Waals surface area (Å²) in [6, 6.07) is 0.113. The molecule has 5 heteroatoms. The summed E-state index contributed by atoms with van der Waals surface area (Å²) in [5.41, 5.74) is 5.57. The van der Waals surface area contributed by atoms with Crippen LogP contribution in [0.3, 0.4) is 0 Å². The third-order valence-corrected chi connectivity index (χ3v) is 2.36. The Morgan fingerprint density at radius 1 is 1.45 bits per heavy atom. The monoisotopic (exact) mass is 179 g/mol. The second-order valence-corrected chi connectivity index (χ2v) is 4.60. The molecule has 0 radical (unpaired) electrons. The molecule has 0 saturated heterocycles. The number of hydrogen-bond acceptors (Lipinski definition) is 4. The summed E-state index contributed by atoms with van der Waals surface area (Å²) in [6.45, 7) is 0. The van der Waals surface area contributed by atoms with Crippen molar-refractivity contribution in [1.29, 1.82) is 0 Å². The van der Waals surface area contributed by atoms with E-state index in [0.29, 0.717) is 6.42 Å². The molecule has 1 saturated carbocycles. The lowest BCUT2D eigenvalue weighted by atomic mass is 10.3. The molecule has 2 unspecified atom stereocenters. The zero-order chi connectivity index (χ0) is 8.48. The van der Waals surface area contributed by atoms with E-state index in [4.69, 9.17) is 9.92 Å². The summed E-state index contributed by atoms with van der Waals surface area (Å²) in [5, 5.41) is 0. The molecule has 11 heavy (non-hydrogen) atoms. The quantitative estimate of drug-likeness (QED) is 0.598. The minimum Gasteiger partial charge on any atom is -0.328 e. The van der Waals surface area contributed by atoms with Crippen LogP contribution in [0, 0.1) is 0 Å². The first-order valence-corrected chi connectivity index (χ1v) is 5.43. The lowest BCUT2D eigenvalue weighted by Crippen LogP contribution is -2.19. The number of nitrogens with two attached hydrogens (primary N) is 1. The lowest BCUT2D eigenvalue weighted by molar-refractivity contribution is 0.218. The van der Waals surface area contributed by atoms with Crippen LogP contribution in [0.15, 0.2) is 0 Å². The highest BCUT2D eigenvalue weighted by molar-refractivity contribution is 7.86. The van der Waals surface area contributed by atoms with E-state index in [-0.39, 0.29) is 12.1 Å². The highest BCUT2D eigenvalue weighted by atomic mass is 32.2. The van der Waals surface area contributed by atoms with Crippen LogP contribution in [0.2, 0.25) is 0 Å². The van der Waals surface area contributed by atoms with E-state index < -0.39 is 10.1 Å². The normalized spacial score (nSPS) is 32.5. The van der Waals surface area contributed by atoms with Crippen LogP contribution in [0.25, 0.3) is 0 Å². The van der Waals surface area contributed by atoms with Crippen molar-refractivity contribution in [2.24, 2.45) is 5.73 Å². The highest BCUT2D eigenvalue weighted by Gasteiger charge is 2.25. The number of hydrogen-bond donors (Lipinski definition) is 1. The first-order chi connectivity index (χ1) is 4.97. The van der Waals surface area contributed by atoms with Crippen LogP contribution in [0.1, 0.15) is 19.3 Å².